The summed E-state index contributed by atoms with van der Waals surface area (Å²) < 4.78 is 26.0. The summed E-state index contributed by atoms with van der Waals surface area (Å²) in [5.74, 6) is -2.65. The van der Waals surface area contributed by atoms with Gasteiger partial charge in [-0.15, -0.1) is 0 Å². The number of ether oxygens (including phenoxy) is 2. The SMILES string of the molecule is COC(=O)C1=C(N)OC2NNC(c3ccccc3)C2C12C(=O)N(Cc1c(F)cccc1Cl)c1ccccc12. The molecule has 3 aliphatic rings. The van der Waals surface area contributed by atoms with Gasteiger partial charge in [0, 0.05) is 16.3 Å². The molecule has 8 nitrogen and oxygen atoms in total. The molecule has 4 N–H and O–H groups in total. The molecule has 0 radical (unpaired) electrons. The van der Waals surface area contributed by atoms with Gasteiger partial charge < -0.3 is 20.1 Å². The van der Waals surface area contributed by atoms with Crippen molar-refractivity contribution in [3.63, 3.8) is 0 Å². The number of benzene rings is 3. The van der Waals surface area contributed by atoms with E-state index < -0.39 is 41.3 Å². The number of halogens is 2. The summed E-state index contributed by atoms with van der Waals surface area (Å²) in [5.41, 5.74) is 13.1. The van der Waals surface area contributed by atoms with Gasteiger partial charge in [-0.25, -0.2) is 20.0 Å². The lowest BCUT2D eigenvalue weighted by Gasteiger charge is -2.43. The predicted molar refractivity (Wildman–Crippen MR) is 138 cm³/mol. The van der Waals surface area contributed by atoms with Crippen LogP contribution in [-0.4, -0.2) is 25.2 Å². The Morgan fingerprint density at radius 1 is 1.11 bits per heavy atom. The van der Waals surface area contributed by atoms with Crippen LogP contribution < -0.4 is 21.5 Å². The topological polar surface area (TPSA) is 106 Å². The molecule has 1 spiro atoms. The standard InChI is InChI=1S/C28H24ClFN4O4/c1-37-26(35)22-24(31)38-25-21(23(32-33-25)15-8-3-2-4-9-15)28(22)17-10-5-6-13-20(17)34(27(28)36)14-16-18(29)11-7-12-19(16)30/h2-13,21,23,25,32-33H,14,31H2,1H3. The molecule has 10 heteroatoms. The Morgan fingerprint density at radius 2 is 1.84 bits per heavy atom. The molecule has 4 atom stereocenters. The highest BCUT2D eigenvalue weighted by molar-refractivity contribution is 6.31. The maximum absolute atomic E-state index is 14.9. The van der Waals surface area contributed by atoms with Gasteiger partial charge in [0.2, 0.25) is 5.91 Å². The van der Waals surface area contributed by atoms with E-state index >= 15 is 0 Å². The van der Waals surface area contributed by atoms with Gasteiger partial charge in [0.1, 0.15) is 16.8 Å². The zero-order valence-corrected chi connectivity index (χ0v) is 21.0. The normalized spacial score (nSPS) is 25.8. The Hall–Kier alpha value is -3.92. The van der Waals surface area contributed by atoms with E-state index in [-0.39, 0.29) is 28.6 Å². The number of methoxy groups -OCH3 is 1. The number of amides is 1. The minimum Gasteiger partial charge on any atom is -0.465 e. The summed E-state index contributed by atoms with van der Waals surface area (Å²) in [6.45, 7) is -0.146. The third-order valence-corrected chi connectivity index (χ3v) is 7.94. The van der Waals surface area contributed by atoms with Crippen LogP contribution in [0.2, 0.25) is 5.02 Å². The van der Waals surface area contributed by atoms with Crippen LogP contribution >= 0.6 is 11.6 Å². The lowest BCUT2D eigenvalue weighted by Crippen LogP contribution is -2.57. The Balaban J connectivity index is 1.61. The second kappa shape index (κ2) is 9.13. The largest absolute Gasteiger partial charge is 0.465 e. The Labute approximate surface area is 223 Å². The van der Waals surface area contributed by atoms with Crippen molar-refractivity contribution in [2.24, 2.45) is 11.7 Å². The number of carbonyl (C=O) groups excluding carboxylic acids is 2. The number of hydrogen-bond donors (Lipinski definition) is 3. The quantitative estimate of drug-likeness (QED) is 0.440. The number of esters is 1. The van der Waals surface area contributed by atoms with E-state index in [2.05, 4.69) is 10.9 Å². The average molecular weight is 535 g/mol. The number of nitrogens with two attached hydrogens (primary N) is 1. The summed E-state index contributed by atoms with van der Waals surface area (Å²) in [4.78, 5) is 29.6. The fourth-order valence-corrected chi connectivity index (χ4v) is 6.24. The van der Waals surface area contributed by atoms with Gasteiger partial charge in [-0.05, 0) is 29.3 Å². The fraction of sp³-hybridized carbons (Fsp3) is 0.214. The van der Waals surface area contributed by atoms with Gasteiger partial charge in [-0.3, -0.25) is 4.79 Å². The number of anilines is 1. The Bertz CT molecular complexity index is 1460. The monoisotopic (exact) mass is 534 g/mol. The lowest BCUT2D eigenvalue weighted by atomic mass is 9.61. The zero-order valence-electron chi connectivity index (χ0n) is 20.3. The van der Waals surface area contributed by atoms with Crippen LogP contribution in [0.3, 0.4) is 0 Å². The van der Waals surface area contributed by atoms with Crippen LogP contribution in [0.4, 0.5) is 10.1 Å². The summed E-state index contributed by atoms with van der Waals surface area (Å²) in [6.07, 6.45) is -0.761. The number of hydrazine groups is 1. The number of nitrogens with one attached hydrogen (secondary N) is 2. The van der Waals surface area contributed by atoms with Crippen LogP contribution in [0.5, 0.6) is 0 Å². The van der Waals surface area contributed by atoms with Crippen LogP contribution in [-0.2, 0) is 31.0 Å². The number of para-hydroxylation sites is 1. The molecule has 0 aromatic heterocycles. The van der Waals surface area contributed by atoms with E-state index in [1.54, 1.807) is 30.3 Å². The minimum atomic E-state index is -1.61. The van der Waals surface area contributed by atoms with Crippen LogP contribution in [0.25, 0.3) is 0 Å². The molecular weight excluding hydrogens is 511 g/mol. The van der Waals surface area contributed by atoms with Crippen molar-refractivity contribution in [2.45, 2.75) is 24.2 Å². The first-order chi connectivity index (χ1) is 18.4. The third-order valence-electron chi connectivity index (χ3n) is 7.59. The Morgan fingerprint density at radius 3 is 2.58 bits per heavy atom. The van der Waals surface area contributed by atoms with Crippen molar-refractivity contribution < 1.29 is 23.5 Å². The first-order valence-electron chi connectivity index (χ1n) is 12.0. The molecule has 1 amide bonds. The van der Waals surface area contributed by atoms with Gasteiger partial charge in [0.25, 0.3) is 0 Å². The fourth-order valence-electron chi connectivity index (χ4n) is 6.02. The highest BCUT2D eigenvalue weighted by Gasteiger charge is 2.68. The first kappa shape index (κ1) is 24.4. The number of rotatable bonds is 4. The van der Waals surface area contributed by atoms with E-state index in [4.69, 9.17) is 26.8 Å². The van der Waals surface area contributed by atoms with Crippen molar-refractivity contribution in [3.8, 4) is 0 Å². The van der Waals surface area contributed by atoms with Crippen LogP contribution in [0.15, 0.2) is 84.3 Å². The lowest BCUT2D eigenvalue weighted by molar-refractivity contribution is -0.142. The van der Waals surface area contributed by atoms with E-state index in [1.165, 1.54) is 24.1 Å². The summed E-state index contributed by atoms with van der Waals surface area (Å²) in [5, 5.41) is 0.190. The first-order valence-corrected chi connectivity index (χ1v) is 12.4. The molecule has 6 rings (SSSR count). The van der Waals surface area contributed by atoms with E-state index in [1.807, 2.05) is 30.3 Å². The van der Waals surface area contributed by atoms with Gasteiger partial charge in [0.15, 0.2) is 12.1 Å². The molecule has 194 valence electrons. The molecule has 0 aliphatic carbocycles. The van der Waals surface area contributed by atoms with Gasteiger partial charge >= 0.3 is 5.97 Å². The van der Waals surface area contributed by atoms with Crippen molar-refractivity contribution in [2.75, 3.05) is 12.0 Å². The maximum atomic E-state index is 14.9. The number of fused-ring (bicyclic) bond motifs is 4. The molecule has 0 saturated carbocycles. The molecule has 0 bridgehead atoms. The summed E-state index contributed by atoms with van der Waals surface area (Å²) in [7, 11) is 1.23. The predicted octanol–water partition coefficient (Wildman–Crippen LogP) is 3.43. The molecular formula is C28H24ClFN4O4. The zero-order chi connectivity index (χ0) is 26.6. The van der Waals surface area contributed by atoms with Crippen molar-refractivity contribution in [1.29, 1.82) is 0 Å². The molecule has 3 aromatic carbocycles. The van der Waals surface area contributed by atoms with E-state index in [9.17, 15) is 14.0 Å². The van der Waals surface area contributed by atoms with Gasteiger partial charge in [-0.2, -0.15) is 0 Å². The third kappa shape index (κ3) is 3.36. The maximum Gasteiger partial charge on any atom is 0.340 e. The van der Waals surface area contributed by atoms with E-state index in [0.29, 0.717) is 11.3 Å². The minimum absolute atomic E-state index is 0.0905. The molecule has 3 aromatic rings. The molecule has 3 heterocycles. The molecule has 4 unspecified atom stereocenters. The molecule has 3 aliphatic heterocycles. The summed E-state index contributed by atoms with van der Waals surface area (Å²) >= 11 is 6.36. The molecule has 1 saturated heterocycles. The summed E-state index contributed by atoms with van der Waals surface area (Å²) in [6, 6.07) is 20.6. The number of carbonyl (C=O) groups is 2. The van der Waals surface area contributed by atoms with Gasteiger partial charge in [-0.1, -0.05) is 66.2 Å². The van der Waals surface area contributed by atoms with Crippen LogP contribution in [0, 0.1) is 11.7 Å². The Kier molecular flexibility index (Phi) is 5.86. The second-order valence-corrected chi connectivity index (χ2v) is 9.80. The highest BCUT2D eigenvalue weighted by Crippen LogP contribution is 2.58. The van der Waals surface area contributed by atoms with Gasteiger partial charge in [0.05, 0.1) is 25.6 Å². The van der Waals surface area contributed by atoms with Crippen molar-refractivity contribution in [1.82, 2.24) is 10.9 Å². The second-order valence-electron chi connectivity index (χ2n) is 9.39. The molecule has 1 fully saturated rings. The smallest absolute Gasteiger partial charge is 0.340 e. The number of hydrogen-bond acceptors (Lipinski definition) is 7. The highest BCUT2D eigenvalue weighted by atomic mass is 35.5. The van der Waals surface area contributed by atoms with E-state index in [0.717, 1.165) is 5.56 Å². The van der Waals surface area contributed by atoms with Crippen molar-refractivity contribution >= 4 is 29.2 Å². The number of nitrogens with zero attached hydrogens (tertiary/aromatic N) is 1. The molecule has 38 heavy (non-hydrogen) atoms. The van der Waals surface area contributed by atoms with Crippen LogP contribution in [0.1, 0.15) is 22.7 Å². The van der Waals surface area contributed by atoms with Crippen molar-refractivity contribution in [3.05, 3.63) is 112 Å². The average Bonchev–Trinajstić information content (AvgIpc) is 3.45.